The number of ether oxygens (including phenoxy) is 1. The third-order valence-corrected chi connectivity index (χ3v) is 3.68. The van der Waals surface area contributed by atoms with E-state index < -0.39 is 0 Å². The monoisotopic (exact) mass is 254 g/mol. The Labute approximate surface area is 93.6 Å². The summed E-state index contributed by atoms with van der Waals surface area (Å²) < 4.78 is 5.81. The van der Waals surface area contributed by atoms with Gasteiger partial charge in [0, 0.05) is 11.4 Å². The van der Waals surface area contributed by atoms with E-state index >= 15 is 0 Å². The summed E-state index contributed by atoms with van der Waals surface area (Å²) >= 11 is 3.70. The standard InChI is InChI=1S/C12H15BrO/c1-9-5-2-3-6-10(9)12-11(13)7-4-8-14-12/h2-3,5-6,11-12H,4,7-8H2,1H3/t11-,12-/m0/s1. The van der Waals surface area contributed by atoms with Crippen LogP contribution in [0.2, 0.25) is 0 Å². The second-order valence-electron chi connectivity index (χ2n) is 3.81. The molecule has 0 aromatic heterocycles. The fraction of sp³-hybridized carbons (Fsp3) is 0.500. The van der Waals surface area contributed by atoms with Gasteiger partial charge in [0.1, 0.15) is 0 Å². The molecular weight excluding hydrogens is 240 g/mol. The van der Waals surface area contributed by atoms with Crippen LogP contribution in [0.5, 0.6) is 0 Å². The molecule has 2 rings (SSSR count). The lowest BCUT2D eigenvalue weighted by Gasteiger charge is -2.29. The molecule has 1 nitrogen and oxygen atoms in total. The molecule has 0 spiro atoms. The van der Waals surface area contributed by atoms with Crippen LogP contribution < -0.4 is 0 Å². The molecule has 1 saturated heterocycles. The summed E-state index contributed by atoms with van der Waals surface area (Å²) in [5.74, 6) is 0. The highest BCUT2D eigenvalue weighted by Crippen LogP contribution is 2.34. The highest BCUT2D eigenvalue weighted by atomic mass is 79.9. The van der Waals surface area contributed by atoms with Gasteiger partial charge < -0.3 is 4.74 Å². The maximum absolute atomic E-state index is 5.81. The maximum atomic E-state index is 5.81. The molecule has 1 aliphatic rings. The fourth-order valence-electron chi connectivity index (χ4n) is 1.94. The molecule has 1 aromatic carbocycles. The molecule has 0 bridgehead atoms. The summed E-state index contributed by atoms with van der Waals surface area (Å²) in [7, 11) is 0. The van der Waals surface area contributed by atoms with Crippen molar-refractivity contribution < 1.29 is 4.74 Å². The normalized spacial score (nSPS) is 27.6. The van der Waals surface area contributed by atoms with Crippen LogP contribution in [0, 0.1) is 6.92 Å². The largest absolute Gasteiger partial charge is 0.372 e. The number of halogens is 1. The Kier molecular flexibility index (Phi) is 3.24. The van der Waals surface area contributed by atoms with Crippen molar-refractivity contribution in [3.63, 3.8) is 0 Å². The molecule has 0 unspecified atom stereocenters. The van der Waals surface area contributed by atoms with E-state index in [9.17, 15) is 0 Å². The Morgan fingerprint density at radius 3 is 2.86 bits per heavy atom. The average Bonchev–Trinajstić information content (AvgIpc) is 2.20. The van der Waals surface area contributed by atoms with Gasteiger partial charge in [-0.15, -0.1) is 0 Å². The molecule has 0 radical (unpaired) electrons. The lowest BCUT2D eigenvalue weighted by molar-refractivity contribution is 0.0214. The van der Waals surface area contributed by atoms with Crippen molar-refractivity contribution in [1.82, 2.24) is 0 Å². The van der Waals surface area contributed by atoms with Gasteiger partial charge in [-0.3, -0.25) is 0 Å². The number of hydrogen-bond acceptors (Lipinski definition) is 1. The van der Waals surface area contributed by atoms with Crippen molar-refractivity contribution in [3.05, 3.63) is 35.4 Å². The van der Waals surface area contributed by atoms with Crippen LogP contribution in [0.15, 0.2) is 24.3 Å². The van der Waals surface area contributed by atoms with Gasteiger partial charge in [0.2, 0.25) is 0 Å². The average molecular weight is 255 g/mol. The fourth-order valence-corrected chi connectivity index (χ4v) is 2.70. The summed E-state index contributed by atoms with van der Waals surface area (Å²) in [6, 6.07) is 8.47. The second kappa shape index (κ2) is 4.45. The molecule has 1 heterocycles. The zero-order valence-corrected chi connectivity index (χ0v) is 9.96. The Hall–Kier alpha value is -0.340. The number of rotatable bonds is 1. The van der Waals surface area contributed by atoms with Gasteiger partial charge in [-0.05, 0) is 30.9 Å². The zero-order valence-electron chi connectivity index (χ0n) is 8.37. The quantitative estimate of drug-likeness (QED) is 0.696. The number of alkyl halides is 1. The Morgan fingerprint density at radius 2 is 2.14 bits per heavy atom. The summed E-state index contributed by atoms with van der Waals surface area (Å²) in [6.45, 7) is 3.04. The van der Waals surface area contributed by atoms with E-state index in [0.29, 0.717) is 4.83 Å². The van der Waals surface area contributed by atoms with Gasteiger partial charge in [0.15, 0.2) is 0 Å². The topological polar surface area (TPSA) is 9.23 Å². The molecule has 2 atom stereocenters. The van der Waals surface area contributed by atoms with Gasteiger partial charge >= 0.3 is 0 Å². The highest BCUT2D eigenvalue weighted by molar-refractivity contribution is 9.09. The minimum absolute atomic E-state index is 0.241. The first kappa shape index (κ1) is 10.2. The molecule has 0 aliphatic carbocycles. The maximum Gasteiger partial charge on any atom is 0.0952 e. The van der Waals surface area contributed by atoms with Crippen molar-refractivity contribution in [1.29, 1.82) is 0 Å². The summed E-state index contributed by atoms with van der Waals surface area (Å²) in [6.07, 6.45) is 2.61. The lowest BCUT2D eigenvalue weighted by Crippen LogP contribution is -2.23. The van der Waals surface area contributed by atoms with Crippen LogP contribution in [0.4, 0.5) is 0 Å². The molecule has 0 saturated carbocycles. The van der Waals surface area contributed by atoms with E-state index in [1.54, 1.807) is 0 Å². The lowest BCUT2D eigenvalue weighted by atomic mass is 9.97. The minimum Gasteiger partial charge on any atom is -0.372 e. The molecule has 2 heteroatoms. The van der Waals surface area contributed by atoms with Crippen molar-refractivity contribution >= 4 is 15.9 Å². The number of benzene rings is 1. The van der Waals surface area contributed by atoms with Crippen LogP contribution >= 0.6 is 15.9 Å². The van der Waals surface area contributed by atoms with E-state index in [4.69, 9.17) is 4.74 Å². The zero-order chi connectivity index (χ0) is 9.97. The molecule has 0 amide bonds. The van der Waals surface area contributed by atoms with Crippen LogP contribution in [-0.4, -0.2) is 11.4 Å². The summed E-state index contributed by atoms with van der Waals surface area (Å²) in [5, 5.41) is 0. The predicted octanol–water partition coefficient (Wildman–Crippen LogP) is 3.61. The Balaban J connectivity index is 2.25. The van der Waals surface area contributed by atoms with E-state index in [1.807, 2.05) is 0 Å². The molecule has 14 heavy (non-hydrogen) atoms. The van der Waals surface area contributed by atoms with Crippen LogP contribution in [0.3, 0.4) is 0 Å². The summed E-state index contributed by atoms with van der Waals surface area (Å²) in [5.41, 5.74) is 2.65. The van der Waals surface area contributed by atoms with Crippen molar-refractivity contribution in [2.75, 3.05) is 6.61 Å². The number of aryl methyl sites for hydroxylation is 1. The first-order valence-corrected chi connectivity index (χ1v) is 6.02. The highest BCUT2D eigenvalue weighted by Gasteiger charge is 2.25. The molecule has 1 aliphatic heterocycles. The first-order valence-electron chi connectivity index (χ1n) is 5.10. The van der Waals surface area contributed by atoms with Gasteiger partial charge in [0.25, 0.3) is 0 Å². The molecule has 1 fully saturated rings. The predicted molar refractivity (Wildman–Crippen MR) is 61.8 cm³/mol. The minimum atomic E-state index is 0.241. The smallest absolute Gasteiger partial charge is 0.0952 e. The van der Waals surface area contributed by atoms with Crippen LogP contribution in [0.25, 0.3) is 0 Å². The molecule has 0 N–H and O–H groups in total. The Bertz CT molecular complexity index is 311. The molecule has 76 valence electrons. The second-order valence-corrected chi connectivity index (χ2v) is 4.98. The SMILES string of the molecule is Cc1ccccc1[C@@H]1OCCC[C@@H]1Br. The van der Waals surface area contributed by atoms with Crippen LogP contribution in [-0.2, 0) is 4.74 Å². The third-order valence-electron chi connectivity index (χ3n) is 2.75. The first-order chi connectivity index (χ1) is 6.79. The van der Waals surface area contributed by atoms with Gasteiger partial charge in [-0.1, -0.05) is 40.2 Å². The van der Waals surface area contributed by atoms with E-state index in [2.05, 4.69) is 47.1 Å². The van der Waals surface area contributed by atoms with Crippen LogP contribution in [0.1, 0.15) is 30.1 Å². The number of hydrogen-bond donors (Lipinski definition) is 0. The van der Waals surface area contributed by atoms with Crippen molar-refractivity contribution in [3.8, 4) is 0 Å². The Morgan fingerprint density at radius 1 is 1.36 bits per heavy atom. The van der Waals surface area contributed by atoms with E-state index in [-0.39, 0.29) is 6.10 Å². The summed E-state index contributed by atoms with van der Waals surface area (Å²) in [4.78, 5) is 0.470. The van der Waals surface area contributed by atoms with Crippen molar-refractivity contribution in [2.45, 2.75) is 30.7 Å². The van der Waals surface area contributed by atoms with Crippen molar-refractivity contribution in [2.24, 2.45) is 0 Å². The van der Waals surface area contributed by atoms with Gasteiger partial charge in [-0.25, -0.2) is 0 Å². The van der Waals surface area contributed by atoms with E-state index in [1.165, 1.54) is 17.5 Å². The van der Waals surface area contributed by atoms with Gasteiger partial charge in [0.05, 0.1) is 6.10 Å². The van der Waals surface area contributed by atoms with E-state index in [0.717, 1.165) is 13.0 Å². The molecular formula is C12H15BrO. The van der Waals surface area contributed by atoms with Gasteiger partial charge in [-0.2, -0.15) is 0 Å². The third kappa shape index (κ3) is 2.01. The molecule has 1 aromatic rings.